The zero-order chi connectivity index (χ0) is 12.1. The molecule has 2 atom stereocenters. The highest BCUT2D eigenvalue weighted by Gasteiger charge is 2.15. The quantitative estimate of drug-likeness (QED) is 0.885. The number of rotatable bonds is 4. The second-order valence-corrected chi connectivity index (χ2v) is 6.90. The van der Waals surface area contributed by atoms with Crippen molar-refractivity contribution in [3.8, 4) is 0 Å². The number of nitrogens with one attached hydrogen (secondary N) is 1. The largest absolute Gasteiger partial charge is 0.309 e. The molecule has 0 saturated carbocycles. The van der Waals surface area contributed by atoms with Crippen molar-refractivity contribution in [1.82, 2.24) is 5.32 Å². The number of benzene rings is 1. The summed E-state index contributed by atoms with van der Waals surface area (Å²) in [7, 11) is 0. The minimum atomic E-state index is 0.424. The van der Waals surface area contributed by atoms with E-state index in [1.807, 2.05) is 0 Å². The second kappa shape index (κ2) is 6.81. The van der Waals surface area contributed by atoms with Crippen LogP contribution in [-0.4, -0.2) is 17.5 Å². The highest BCUT2D eigenvalue weighted by atomic mass is 79.9. The van der Waals surface area contributed by atoms with Crippen LogP contribution >= 0.6 is 27.7 Å². The van der Waals surface area contributed by atoms with Gasteiger partial charge in [0.2, 0.25) is 0 Å². The molecule has 1 nitrogen and oxygen atoms in total. The molecule has 1 aromatic carbocycles. The Morgan fingerprint density at radius 3 is 2.94 bits per heavy atom. The van der Waals surface area contributed by atoms with E-state index in [1.165, 1.54) is 35.1 Å². The molecule has 1 aliphatic rings. The summed E-state index contributed by atoms with van der Waals surface area (Å²) < 4.78 is 1.20. The third-order valence-corrected chi connectivity index (χ3v) is 5.42. The van der Waals surface area contributed by atoms with Crippen LogP contribution in [0.25, 0.3) is 0 Å². The standard InChI is InChI=1S/C14H20BrNS/c1-11(13-7-2-3-8-14(13)15)16-10-12-6-4-5-9-17-12/h2-3,7-8,11-12,16H,4-6,9-10H2,1H3. The van der Waals surface area contributed by atoms with Crippen LogP contribution in [0.5, 0.6) is 0 Å². The topological polar surface area (TPSA) is 12.0 Å². The maximum atomic E-state index is 3.66. The highest BCUT2D eigenvalue weighted by Crippen LogP contribution is 2.26. The molecular weight excluding hydrogens is 294 g/mol. The monoisotopic (exact) mass is 313 g/mol. The summed E-state index contributed by atoms with van der Waals surface area (Å²) in [6.45, 7) is 3.38. The van der Waals surface area contributed by atoms with Crippen molar-refractivity contribution in [3.05, 3.63) is 34.3 Å². The van der Waals surface area contributed by atoms with E-state index >= 15 is 0 Å². The molecule has 94 valence electrons. The number of hydrogen-bond acceptors (Lipinski definition) is 2. The average molecular weight is 314 g/mol. The first kappa shape index (κ1) is 13.4. The first-order valence-electron chi connectivity index (χ1n) is 6.37. The fourth-order valence-electron chi connectivity index (χ4n) is 2.21. The molecule has 1 N–H and O–H groups in total. The van der Waals surface area contributed by atoms with Crippen molar-refractivity contribution in [3.63, 3.8) is 0 Å². The Labute approximate surface area is 117 Å². The van der Waals surface area contributed by atoms with Crippen LogP contribution in [0.1, 0.15) is 37.8 Å². The van der Waals surface area contributed by atoms with Crippen LogP contribution in [0.15, 0.2) is 28.7 Å². The van der Waals surface area contributed by atoms with Crippen LogP contribution < -0.4 is 5.32 Å². The van der Waals surface area contributed by atoms with E-state index in [1.54, 1.807) is 0 Å². The highest BCUT2D eigenvalue weighted by molar-refractivity contribution is 9.10. The van der Waals surface area contributed by atoms with Gasteiger partial charge in [-0.2, -0.15) is 11.8 Å². The van der Waals surface area contributed by atoms with E-state index in [0.29, 0.717) is 6.04 Å². The Hall–Kier alpha value is 0.01000. The van der Waals surface area contributed by atoms with Gasteiger partial charge in [0.05, 0.1) is 0 Å². The van der Waals surface area contributed by atoms with E-state index in [-0.39, 0.29) is 0 Å². The van der Waals surface area contributed by atoms with Gasteiger partial charge in [0.1, 0.15) is 0 Å². The lowest BCUT2D eigenvalue weighted by atomic mass is 10.1. The summed E-state index contributed by atoms with van der Waals surface area (Å²) in [4.78, 5) is 0. The van der Waals surface area contributed by atoms with Crippen LogP contribution in [0, 0.1) is 0 Å². The Morgan fingerprint density at radius 2 is 2.24 bits per heavy atom. The Bertz CT molecular complexity index is 350. The van der Waals surface area contributed by atoms with Crippen molar-refractivity contribution in [2.24, 2.45) is 0 Å². The minimum Gasteiger partial charge on any atom is -0.309 e. The summed E-state index contributed by atoms with van der Waals surface area (Å²) >= 11 is 5.75. The molecule has 1 saturated heterocycles. The van der Waals surface area contributed by atoms with Gasteiger partial charge in [0.25, 0.3) is 0 Å². The molecular formula is C14H20BrNS. The molecule has 0 amide bonds. The van der Waals surface area contributed by atoms with Crippen molar-refractivity contribution in [2.45, 2.75) is 37.5 Å². The smallest absolute Gasteiger partial charge is 0.0303 e. The van der Waals surface area contributed by atoms with E-state index in [9.17, 15) is 0 Å². The molecule has 1 aromatic rings. The zero-order valence-corrected chi connectivity index (χ0v) is 12.7. The van der Waals surface area contributed by atoms with Crippen molar-refractivity contribution >= 4 is 27.7 Å². The molecule has 17 heavy (non-hydrogen) atoms. The van der Waals surface area contributed by atoms with Crippen LogP contribution in [0.3, 0.4) is 0 Å². The van der Waals surface area contributed by atoms with E-state index in [2.05, 4.69) is 64.2 Å². The fourth-order valence-corrected chi connectivity index (χ4v) is 4.09. The van der Waals surface area contributed by atoms with Gasteiger partial charge >= 0.3 is 0 Å². The Kier molecular flexibility index (Phi) is 5.39. The van der Waals surface area contributed by atoms with Gasteiger partial charge in [-0.25, -0.2) is 0 Å². The van der Waals surface area contributed by atoms with Crippen LogP contribution in [0.2, 0.25) is 0 Å². The fraction of sp³-hybridized carbons (Fsp3) is 0.571. The molecule has 1 aliphatic heterocycles. The molecule has 0 bridgehead atoms. The van der Waals surface area contributed by atoms with Gasteiger partial charge in [-0.1, -0.05) is 40.5 Å². The first-order valence-corrected chi connectivity index (χ1v) is 8.21. The molecule has 2 unspecified atom stereocenters. The van der Waals surface area contributed by atoms with Crippen molar-refractivity contribution in [2.75, 3.05) is 12.3 Å². The van der Waals surface area contributed by atoms with Gasteiger partial charge in [-0.3, -0.25) is 0 Å². The van der Waals surface area contributed by atoms with Crippen molar-refractivity contribution in [1.29, 1.82) is 0 Å². The summed E-state index contributed by atoms with van der Waals surface area (Å²) in [6.07, 6.45) is 4.18. The van der Waals surface area contributed by atoms with Crippen molar-refractivity contribution < 1.29 is 0 Å². The lowest BCUT2D eigenvalue weighted by molar-refractivity contribution is 0.537. The predicted molar refractivity (Wildman–Crippen MR) is 80.7 cm³/mol. The molecule has 0 aliphatic carbocycles. The third-order valence-electron chi connectivity index (χ3n) is 3.30. The van der Waals surface area contributed by atoms with E-state index in [0.717, 1.165) is 11.8 Å². The van der Waals surface area contributed by atoms with Gasteiger partial charge in [-0.15, -0.1) is 0 Å². The summed E-state index contributed by atoms with van der Waals surface area (Å²) in [5, 5.41) is 4.47. The number of thioether (sulfide) groups is 1. The maximum absolute atomic E-state index is 3.66. The molecule has 0 spiro atoms. The maximum Gasteiger partial charge on any atom is 0.0303 e. The minimum absolute atomic E-state index is 0.424. The molecule has 1 fully saturated rings. The van der Waals surface area contributed by atoms with E-state index in [4.69, 9.17) is 0 Å². The lowest BCUT2D eigenvalue weighted by Crippen LogP contribution is -2.29. The third kappa shape index (κ3) is 4.01. The SMILES string of the molecule is CC(NCC1CCCCS1)c1ccccc1Br. The number of hydrogen-bond donors (Lipinski definition) is 1. The van der Waals surface area contributed by atoms with Gasteiger partial charge < -0.3 is 5.32 Å². The lowest BCUT2D eigenvalue weighted by Gasteiger charge is -2.24. The molecule has 2 rings (SSSR count). The average Bonchev–Trinajstić information content (AvgIpc) is 2.38. The first-order chi connectivity index (χ1) is 8.27. The van der Waals surface area contributed by atoms with Gasteiger partial charge in [0, 0.05) is 22.3 Å². The number of halogens is 1. The normalized spacial score (nSPS) is 22.4. The zero-order valence-electron chi connectivity index (χ0n) is 10.3. The predicted octanol–water partition coefficient (Wildman–Crippen LogP) is 4.39. The summed E-state index contributed by atoms with van der Waals surface area (Å²) in [5.74, 6) is 1.34. The summed E-state index contributed by atoms with van der Waals surface area (Å²) in [6, 6.07) is 8.90. The second-order valence-electron chi connectivity index (χ2n) is 4.64. The van der Waals surface area contributed by atoms with Gasteiger partial charge in [0.15, 0.2) is 0 Å². The van der Waals surface area contributed by atoms with Crippen LogP contribution in [0.4, 0.5) is 0 Å². The molecule has 0 aromatic heterocycles. The Morgan fingerprint density at radius 1 is 1.41 bits per heavy atom. The summed E-state index contributed by atoms with van der Waals surface area (Å²) in [5.41, 5.74) is 1.35. The van der Waals surface area contributed by atoms with E-state index < -0.39 is 0 Å². The molecule has 1 heterocycles. The van der Waals surface area contributed by atoms with Gasteiger partial charge in [-0.05, 0) is 37.1 Å². The molecule has 0 radical (unpaired) electrons. The van der Waals surface area contributed by atoms with Crippen LogP contribution in [-0.2, 0) is 0 Å². The molecule has 3 heteroatoms. The Balaban J connectivity index is 1.84.